The fourth-order valence-electron chi connectivity index (χ4n) is 1.48. The molecular formula is C13H16ClNO5. The molecule has 0 radical (unpaired) electrons. The summed E-state index contributed by atoms with van der Waals surface area (Å²) in [5, 5.41) is 11.7. The number of aromatic carboxylic acids is 1. The molecule has 7 heteroatoms. The van der Waals surface area contributed by atoms with E-state index in [9.17, 15) is 9.59 Å². The second-order valence-electron chi connectivity index (χ2n) is 3.94. The molecule has 0 aliphatic heterocycles. The van der Waals surface area contributed by atoms with E-state index in [1.54, 1.807) is 0 Å². The molecule has 2 N–H and O–H groups in total. The minimum atomic E-state index is -1.16. The summed E-state index contributed by atoms with van der Waals surface area (Å²) in [5.41, 5.74) is 0.205. The van der Waals surface area contributed by atoms with Gasteiger partial charge < -0.3 is 19.9 Å². The molecule has 0 unspecified atom stereocenters. The van der Waals surface area contributed by atoms with Gasteiger partial charge >= 0.3 is 5.97 Å². The number of hydrogen-bond donors (Lipinski definition) is 2. The first kappa shape index (κ1) is 16.3. The molecule has 0 aliphatic carbocycles. The SMILES string of the molecule is CCCOCC(=O)Nc1cc(OC)c(C(=O)O)cc1Cl. The highest BCUT2D eigenvalue weighted by molar-refractivity contribution is 6.34. The van der Waals surface area contributed by atoms with E-state index in [2.05, 4.69) is 5.32 Å². The Labute approximate surface area is 121 Å². The lowest BCUT2D eigenvalue weighted by Crippen LogP contribution is -2.19. The lowest BCUT2D eigenvalue weighted by atomic mass is 10.2. The molecule has 1 amide bonds. The zero-order valence-electron chi connectivity index (χ0n) is 11.2. The molecular weight excluding hydrogens is 286 g/mol. The quantitative estimate of drug-likeness (QED) is 0.755. The van der Waals surface area contributed by atoms with Crippen molar-refractivity contribution in [3.05, 3.63) is 22.7 Å². The number of benzene rings is 1. The van der Waals surface area contributed by atoms with Crippen LogP contribution in [0.2, 0.25) is 5.02 Å². The molecule has 6 nitrogen and oxygen atoms in total. The summed E-state index contributed by atoms with van der Waals surface area (Å²) in [6, 6.07) is 2.59. The van der Waals surface area contributed by atoms with E-state index in [1.165, 1.54) is 19.2 Å². The molecule has 0 saturated carbocycles. The number of carbonyl (C=O) groups is 2. The Morgan fingerprint density at radius 3 is 2.65 bits per heavy atom. The average Bonchev–Trinajstić information content (AvgIpc) is 2.40. The first-order chi connectivity index (χ1) is 9.49. The van der Waals surface area contributed by atoms with E-state index >= 15 is 0 Å². The fourth-order valence-corrected chi connectivity index (χ4v) is 1.69. The van der Waals surface area contributed by atoms with Crippen LogP contribution in [-0.4, -0.2) is 37.3 Å². The third-order valence-electron chi connectivity index (χ3n) is 2.38. The van der Waals surface area contributed by atoms with Crippen LogP contribution in [0.5, 0.6) is 5.75 Å². The van der Waals surface area contributed by atoms with Crippen molar-refractivity contribution >= 4 is 29.2 Å². The number of halogens is 1. The Bertz CT molecular complexity index is 504. The molecule has 1 aromatic rings. The van der Waals surface area contributed by atoms with Crippen molar-refractivity contribution in [2.45, 2.75) is 13.3 Å². The van der Waals surface area contributed by atoms with Gasteiger partial charge in [0.1, 0.15) is 17.9 Å². The Hall–Kier alpha value is -1.79. The molecule has 0 atom stereocenters. The number of anilines is 1. The Morgan fingerprint density at radius 1 is 1.40 bits per heavy atom. The van der Waals surface area contributed by atoms with Crippen molar-refractivity contribution in [2.75, 3.05) is 25.6 Å². The van der Waals surface area contributed by atoms with Crippen LogP contribution in [0.1, 0.15) is 23.7 Å². The van der Waals surface area contributed by atoms with Crippen LogP contribution in [-0.2, 0) is 9.53 Å². The maximum Gasteiger partial charge on any atom is 0.339 e. The van der Waals surface area contributed by atoms with E-state index in [4.69, 9.17) is 26.2 Å². The van der Waals surface area contributed by atoms with Crippen molar-refractivity contribution in [1.29, 1.82) is 0 Å². The lowest BCUT2D eigenvalue weighted by molar-refractivity contribution is -0.120. The summed E-state index contributed by atoms with van der Waals surface area (Å²) < 4.78 is 10.1. The Kier molecular flexibility index (Phi) is 6.27. The number of carboxylic acid groups (broad SMARTS) is 1. The number of methoxy groups -OCH3 is 1. The van der Waals surface area contributed by atoms with Crippen molar-refractivity contribution in [3.63, 3.8) is 0 Å². The van der Waals surface area contributed by atoms with Crippen molar-refractivity contribution in [2.24, 2.45) is 0 Å². The van der Waals surface area contributed by atoms with E-state index < -0.39 is 5.97 Å². The number of hydrogen-bond acceptors (Lipinski definition) is 4. The van der Waals surface area contributed by atoms with Gasteiger partial charge in [0.2, 0.25) is 5.91 Å². The molecule has 0 aromatic heterocycles. The van der Waals surface area contributed by atoms with E-state index in [0.717, 1.165) is 6.42 Å². The molecule has 1 aromatic carbocycles. The van der Waals surface area contributed by atoms with Crippen LogP contribution < -0.4 is 10.1 Å². The second kappa shape index (κ2) is 7.72. The minimum absolute atomic E-state index is 0.0715. The minimum Gasteiger partial charge on any atom is -0.496 e. The molecule has 0 heterocycles. The predicted octanol–water partition coefficient (Wildman–Crippen LogP) is 2.41. The first-order valence-corrected chi connectivity index (χ1v) is 6.35. The van der Waals surface area contributed by atoms with Gasteiger partial charge in [0.05, 0.1) is 17.8 Å². The van der Waals surface area contributed by atoms with Crippen molar-refractivity contribution < 1.29 is 24.2 Å². The van der Waals surface area contributed by atoms with Crippen molar-refractivity contribution in [1.82, 2.24) is 0 Å². The molecule has 0 fully saturated rings. The standard InChI is InChI=1S/C13H16ClNO5/c1-3-4-20-7-12(16)15-10-6-11(19-2)8(13(17)18)5-9(10)14/h5-6H,3-4,7H2,1-2H3,(H,15,16)(H,17,18). The molecule has 110 valence electrons. The third kappa shape index (κ3) is 4.40. The number of rotatable bonds is 7. The normalized spacial score (nSPS) is 10.2. The highest BCUT2D eigenvalue weighted by Crippen LogP contribution is 2.30. The summed E-state index contributed by atoms with van der Waals surface area (Å²) in [6.07, 6.45) is 0.815. The van der Waals surface area contributed by atoms with Gasteiger partial charge in [0, 0.05) is 12.7 Å². The first-order valence-electron chi connectivity index (χ1n) is 5.98. The number of nitrogens with one attached hydrogen (secondary N) is 1. The Morgan fingerprint density at radius 2 is 2.10 bits per heavy atom. The monoisotopic (exact) mass is 301 g/mol. The largest absolute Gasteiger partial charge is 0.496 e. The smallest absolute Gasteiger partial charge is 0.339 e. The van der Waals surface area contributed by atoms with Gasteiger partial charge in [-0.1, -0.05) is 18.5 Å². The summed E-state index contributed by atoms with van der Waals surface area (Å²) in [4.78, 5) is 22.6. The lowest BCUT2D eigenvalue weighted by Gasteiger charge is -2.11. The van der Waals surface area contributed by atoms with Gasteiger partial charge in [-0.3, -0.25) is 4.79 Å². The maximum atomic E-state index is 11.6. The van der Waals surface area contributed by atoms with Gasteiger partial charge in [-0.25, -0.2) is 4.79 Å². The van der Waals surface area contributed by atoms with Gasteiger partial charge in [0.15, 0.2) is 0 Å². The van der Waals surface area contributed by atoms with Crippen LogP contribution in [0.25, 0.3) is 0 Å². The van der Waals surface area contributed by atoms with E-state index in [1.807, 2.05) is 6.92 Å². The molecule has 0 bridgehead atoms. The van der Waals surface area contributed by atoms with E-state index in [0.29, 0.717) is 6.61 Å². The van der Waals surface area contributed by atoms with Crippen LogP contribution >= 0.6 is 11.6 Å². The van der Waals surface area contributed by atoms with Crippen LogP contribution in [0.4, 0.5) is 5.69 Å². The summed E-state index contributed by atoms with van der Waals surface area (Å²) in [5.74, 6) is -1.41. The van der Waals surface area contributed by atoms with Crippen LogP contribution in [0, 0.1) is 0 Å². The average molecular weight is 302 g/mol. The van der Waals surface area contributed by atoms with Gasteiger partial charge in [0.25, 0.3) is 0 Å². The molecule has 0 spiro atoms. The molecule has 20 heavy (non-hydrogen) atoms. The summed E-state index contributed by atoms with van der Waals surface area (Å²) in [7, 11) is 1.34. The van der Waals surface area contributed by atoms with Gasteiger partial charge in [-0.2, -0.15) is 0 Å². The second-order valence-corrected chi connectivity index (χ2v) is 4.35. The predicted molar refractivity (Wildman–Crippen MR) is 74.7 cm³/mol. The number of carboxylic acids is 1. The van der Waals surface area contributed by atoms with Gasteiger partial charge in [-0.05, 0) is 12.5 Å². The molecule has 0 aliphatic rings. The number of ether oxygens (including phenoxy) is 2. The third-order valence-corrected chi connectivity index (χ3v) is 2.69. The highest BCUT2D eigenvalue weighted by Gasteiger charge is 2.16. The fraction of sp³-hybridized carbons (Fsp3) is 0.385. The van der Waals surface area contributed by atoms with Gasteiger partial charge in [-0.15, -0.1) is 0 Å². The molecule has 1 rings (SSSR count). The van der Waals surface area contributed by atoms with Crippen LogP contribution in [0.3, 0.4) is 0 Å². The zero-order chi connectivity index (χ0) is 15.1. The number of amides is 1. The Balaban J connectivity index is 2.85. The zero-order valence-corrected chi connectivity index (χ0v) is 12.0. The highest BCUT2D eigenvalue weighted by atomic mass is 35.5. The summed E-state index contributed by atoms with van der Waals surface area (Å²) >= 11 is 5.93. The topological polar surface area (TPSA) is 84.9 Å². The maximum absolute atomic E-state index is 11.6. The number of carbonyl (C=O) groups excluding carboxylic acids is 1. The van der Waals surface area contributed by atoms with Crippen molar-refractivity contribution in [3.8, 4) is 5.75 Å². The van der Waals surface area contributed by atoms with E-state index in [-0.39, 0.29) is 34.5 Å². The summed E-state index contributed by atoms with van der Waals surface area (Å²) in [6.45, 7) is 2.33. The molecule has 0 saturated heterocycles. The van der Waals surface area contributed by atoms with Crippen LogP contribution in [0.15, 0.2) is 12.1 Å².